The number of aldehydes is 1. The molecule has 0 atom stereocenters. The van der Waals surface area contributed by atoms with Gasteiger partial charge in [-0.3, -0.25) is 9.59 Å². The standard InChI is InChI=1S/C14H17NO3/c1-10(17)14-11(9-16)3-2-4-13(14)18-12-5-7-15-8-6-12/h2-4,9,12,15H,5-8H2,1H3. The molecule has 1 aliphatic rings. The van der Waals surface area contributed by atoms with Gasteiger partial charge in [-0.05, 0) is 38.9 Å². The molecule has 1 heterocycles. The molecule has 4 nitrogen and oxygen atoms in total. The summed E-state index contributed by atoms with van der Waals surface area (Å²) in [4.78, 5) is 22.6. The summed E-state index contributed by atoms with van der Waals surface area (Å²) in [5.41, 5.74) is 0.792. The van der Waals surface area contributed by atoms with Gasteiger partial charge in [0.25, 0.3) is 0 Å². The van der Waals surface area contributed by atoms with E-state index in [1.807, 2.05) is 0 Å². The number of nitrogens with one attached hydrogen (secondary N) is 1. The van der Waals surface area contributed by atoms with Crippen molar-refractivity contribution in [3.05, 3.63) is 29.3 Å². The van der Waals surface area contributed by atoms with E-state index in [4.69, 9.17) is 4.74 Å². The zero-order chi connectivity index (χ0) is 13.0. The number of rotatable bonds is 4. The van der Waals surface area contributed by atoms with Gasteiger partial charge in [0.2, 0.25) is 0 Å². The summed E-state index contributed by atoms with van der Waals surface area (Å²) in [6, 6.07) is 5.14. The number of hydrogen-bond acceptors (Lipinski definition) is 4. The van der Waals surface area contributed by atoms with Gasteiger partial charge in [0, 0.05) is 5.56 Å². The van der Waals surface area contributed by atoms with Crippen LogP contribution in [0.2, 0.25) is 0 Å². The third kappa shape index (κ3) is 2.76. The summed E-state index contributed by atoms with van der Waals surface area (Å²) < 4.78 is 5.87. The maximum Gasteiger partial charge on any atom is 0.164 e. The Balaban J connectivity index is 2.25. The highest BCUT2D eigenvalue weighted by Crippen LogP contribution is 2.25. The summed E-state index contributed by atoms with van der Waals surface area (Å²) in [7, 11) is 0. The van der Waals surface area contributed by atoms with Gasteiger partial charge in [-0.15, -0.1) is 0 Å². The second-order valence-corrected chi connectivity index (χ2v) is 4.46. The topological polar surface area (TPSA) is 55.4 Å². The van der Waals surface area contributed by atoms with E-state index < -0.39 is 0 Å². The second-order valence-electron chi connectivity index (χ2n) is 4.46. The first-order valence-electron chi connectivity index (χ1n) is 6.19. The van der Waals surface area contributed by atoms with E-state index >= 15 is 0 Å². The third-order valence-corrected chi connectivity index (χ3v) is 3.12. The van der Waals surface area contributed by atoms with Gasteiger partial charge in [-0.2, -0.15) is 0 Å². The van der Waals surface area contributed by atoms with Crippen molar-refractivity contribution < 1.29 is 14.3 Å². The first-order valence-corrected chi connectivity index (χ1v) is 6.19. The van der Waals surface area contributed by atoms with E-state index in [-0.39, 0.29) is 11.9 Å². The van der Waals surface area contributed by atoms with Crippen LogP contribution in [-0.2, 0) is 0 Å². The Morgan fingerprint density at radius 3 is 2.72 bits per heavy atom. The second kappa shape index (κ2) is 5.78. The molecule has 0 spiro atoms. The number of Topliss-reactive ketones (excluding diaryl/α,β-unsaturated/α-hetero) is 1. The number of ether oxygens (including phenoxy) is 1. The van der Waals surface area contributed by atoms with Gasteiger partial charge in [-0.1, -0.05) is 12.1 Å². The minimum atomic E-state index is -0.137. The van der Waals surface area contributed by atoms with Gasteiger partial charge in [0.05, 0.1) is 5.56 Å². The highest BCUT2D eigenvalue weighted by atomic mass is 16.5. The molecule has 1 aliphatic heterocycles. The SMILES string of the molecule is CC(=O)c1c(C=O)cccc1OC1CCNCC1. The molecule has 2 rings (SSSR count). The fourth-order valence-corrected chi connectivity index (χ4v) is 2.21. The molecule has 0 radical (unpaired) electrons. The Morgan fingerprint density at radius 1 is 1.39 bits per heavy atom. The lowest BCUT2D eigenvalue weighted by molar-refractivity contribution is 0.0993. The zero-order valence-electron chi connectivity index (χ0n) is 10.4. The van der Waals surface area contributed by atoms with E-state index in [2.05, 4.69) is 5.32 Å². The van der Waals surface area contributed by atoms with Crippen LogP contribution in [0, 0.1) is 0 Å². The monoisotopic (exact) mass is 247 g/mol. The summed E-state index contributed by atoms with van der Waals surface area (Å²) in [6.45, 7) is 3.30. The number of carbonyl (C=O) groups is 2. The highest BCUT2D eigenvalue weighted by molar-refractivity contribution is 6.03. The molecular formula is C14H17NO3. The number of ketones is 1. The predicted octanol–water partition coefficient (Wildman–Crippen LogP) is 1.83. The van der Waals surface area contributed by atoms with Gasteiger partial charge < -0.3 is 10.1 Å². The van der Waals surface area contributed by atoms with Crippen LogP contribution >= 0.6 is 0 Å². The molecular weight excluding hydrogens is 230 g/mol. The van der Waals surface area contributed by atoms with Crippen molar-refractivity contribution in [2.45, 2.75) is 25.9 Å². The summed E-state index contributed by atoms with van der Waals surface area (Å²) >= 11 is 0. The summed E-state index contributed by atoms with van der Waals surface area (Å²) in [5.74, 6) is 0.389. The van der Waals surface area contributed by atoms with Crippen molar-refractivity contribution in [2.24, 2.45) is 0 Å². The molecule has 1 N–H and O–H groups in total. The number of hydrogen-bond donors (Lipinski definition) is 1. The fourth-order valence-electron chi connectivity index (χ4n) is 2.21. The van der Waals surface area contributed by atoms with E-state index in [9.17, 15) is 9.59 Å². The van der Waals surface area contributed by atoms with Gasteiger partial charge in [-0.25, -0.2) is 0 Å². The van der Waals surface area contributed by atoms with E-state index in [1.54, 1.807) is 18.2 Å². The summed E-state index contributed by atoms with van der Waals surface area (Å²) in [6.07, 6.45) is 2.66. The maximum absolute atomic E-state index is 11.6. The van der Waals surface area contributed by atoms with E-state index in [1.165, 1.54) is 6.92 Å². The molecule has 4 heteroatoms. The average Bonchev–Trinajstić information content (AvgIpc) is 2.39. The molecule has 0 saturated carbocycles. The molecule has 0 aromatic heterocycles. The highest BCUT2D eigenvalue weighted by Gasteiger charge is 2.19. The van der Waals surface area contributed by atoms with Crippen molar-refractivity contribution in [3.63, 3.8) is 0 Å². The van der Waals surface area contributed by atoms with E-state index in [0.29, 0.717) is 23.2 Å². The van der Waals surface area contributed by atoms with Crippen LogP contribution in [0.15, 0.2) is 18.2 Å². The molecule has 1 fully saturated rings. The van der Waals surface area contributed by atoms with Crippen molar-refractivity contribution in [2.75, 3.05) is 13.1 Å². The summed E-state index contributed by atoms with van der Waals surface area (Å²) in [5, 5.41) is 3.26. The number of carbonyl (C=O) groups excluding carboxylic acids is 2. The van der Waals surface area contributed by atoms with Crippen LogP contribution < -0.4 is 10.1 Å². The average molecular weight is 247 g/mol. The molecule has 0 aliphatic carbocycles. The van der Waals surface area contributed by atoms with Gasteiger partial charge in [0.15, 0.2) is 12.1 Å². The largest absolute Gasteiger partial charge is 0.490 e. The third-order valence-electron chi connectivity index (χ3n) is 3.12. The van der Waals surface area contributed by atoms with Crippen molar-refractivity contribution in [1.29, 1.82) is 0 Å². The predicted molar refractivity (Wildman–Crippen MR) is 68.4 cm³/mol. The van der Waals surface area contributed by atoms with Crippen molar-refractivity contribution in [3.8, 4) is 5.75 Å². The Bertz CT molecular complexity index is 450. The van der Waals surface area contributed by atoms with Gasteiger partial charge in [0.1, 0.15) is 11.9 Å². The molecule has 1 aromatic rings. The number of piperidine rings is 1. The van der Waals surface area contributed by atoms with Crippen molar-refractivity contribution in [1.82, 2.24) is 5.32 Å². The quantitative estimate of drug-likeness (QED) is 0.651. The molecule has 18 heavy (non-hydrogen) atoms. The maximum atomic E-state index is 11.6. The van der Waals surface area contributed by atoms with E-state index in [0.717, 1.165) is 25.9 Å². The van der Waals surface area contributed by atoms with Crippen molar-refractivity contribution >= 4 is 12.1 Å². The molecule has 0 bridgehead atoms. The van der Waals surface area contributed by atoms with Crippen LogP contribution in [0.5, 0.6) is 5.75 Å². The fraction of sp³-hybridized carbons (Fsp3) is 0.429. The lowest BCUT2D eigenvalue weighted by Gasteiger charge is -2.25. The Hall–Kier alpha value is -1.68. The molecule has 0 unspecified atom stereocenters. The minimum Gasteiger partial charge on any atom is -0.490 e. The smallest absolute Gasteiger partial charge is 0.164 e. The number of benzene rings is 1. The Morgan fingerprint density at radius 2 is 2.11 bits per heavy atom. The molecule has 1 saturated heterocycles. The lowest BCUT2D eigenvalue weighted by Crippen LogP contribution is -2.34. The van der Waals surface area contributed by atoms with Crippen LogP contribution in [0.1, 0.15) is 40.5 Å². The first kappa shape index (κ1) is 12.8. The normalized spacial score (nSPS) is 16.3. The zero-order valence-corrected chi connectivity index (χ0v) is 10.4. The van der Waals surface area contributed by atoms with Crippen LogP contribution in [0.25, 0.3) is 0 Å². The molecule has 96 valence electrons. The lowest BCUT2D eigenvalue weighted by atomic mass is 10.0. The van der Waals surface area contributed by atoms with Crippen LogP contribution in [0.3, 0.4) is 0 Å². The van der Waals surface area contributed by atoms with Crippen LogP contribution in [-0.4, -0.2) is 31.3 Å². The van der Waals surface area contributed by atoms with Gasteiger partial charge >= 0.3 is 0 Å². The molecule has 0 amide bonds. The Labute approximate surface area is 106 Å². The molecule has 1 aromatic carbocycles. The van der Waals surface area contributed by atoms with Crippen LogP contribution in [0.4, 0.5) is 0 Å². The first-order chi connectivity index (χ1) is 8.72. The Kier molecular flexibility index (Phi) is 4.10. The minimum absolute atomic E-state index is 0.117.